The van der Waals surface area contributed by atoms with Crippen LogP contribution in [0.5, 0.6) is 0 Å². The molecule has 1 aromatic heterocycles. The van der Waals surface area contributed by atoms with Gasteiger partial charge in [-0.1, -0.05) is 23.8 Å². The van der Waals surface area contributed by atoms with E-state index >= 15 is 0 Å². The number of thioether (sulfide) groups is 1. The monoisotopic (exact) mass is 261 g/mol. The minimum Gasteiger partial charge on any atom is -0.354 e. The van der Waals surface area contributed by atoms with Crippen LogP contribution >= 0.6 is 23.1 Å². The average molecular weight is 261 g/mol. The van der Waals surface area contributed by atoms with Crippen molar-refractivity contribution in [2.75, 3.05) is 17.2 Å². The molecule has 2 aromatic rings. The average Bonchev–Trinajstić information content (AvgIpc) is 3.00. The minimum absolute atomic E-state index is 0.512. The fourth-order valence-electron chi connectivity index (χ4n) is 2.14. The molecule has 1 fully saturated rings. The first-order chi connectivity index (χ1) is 8.34. The van der Waals surface area contributed by atoms with Gasteiger partial charge in [-0.05, 0) is 30.5 Å². The molecule has 0 unspecified atom stereocenters. The van der Waals surface area contributed by atoms with Crippen molar-refractivity contribution < 1.29 is 0 Å². The second-order valence-electron chi connectivity index (χ2n) is 4.27. The molecule has 1 aromatic carbocycles. The van der Waals surface area contributed by atoms with Crippen molar-refractivity contribution in [1.29, 1.82) is 0 Å². The van der Waals surface area contributed by atoms with Gasteiger partial charge in [-0.3, -0.25) is 0 Å². The summed E-state index contributed by atoms with van der Waals surface area (Å²) in [5.41, 5.74) is 2.67. The van der Waals surface area contributed by atoms with Crippen LogP contribution < -0.4 is 4.90 Å². The van der Waals surface area contributed by atoms with E-state index in [0.717, 1.165) is 6.54 Å². The first kappa shape index (κ1) is 11.2. The van der Waals surface area contributed by atoms with Crippen LogP contribution in [0.2, 0.25) is 0 Å². The number of nitrogens with zero attached hydrogens (tertiary/aromatic N) is 1. The molecule has 3 heteroatoms. The third kappa shape index (κ3) is 2.22. The molecular formula is C14H15NS2. The molecule has 3 rings (SSSR count). The van der Waals surface area contributed by atoms with Crippen molar-refractivity contribution in [2.45, 2.75) is 12.3 Å². The molecule has 0 amide bonds. The molecule has 0 radical (unpaired) electrons. The number of hydrogen-bond donors (Lipinski definition) is 0. The fourth-order valence-corrected chi connectivity index (χ4v) is 4.40. The lowest BCUT2D eigenvalue weighted by Crippen LogP contribution is -2.21. The highest BCUT2D eigenvalue weighted by Gasteiger charge is 2.27. The highest BCUT2D eigenvalue weighted by Crippen LogP contribution is 2.42. The lowest BCUT2D eigenvalue weighted by atomic mass is 10.2. The van der Waals surface area contributed by atoms with Gasteiger partial charge in [0.05, 0.1) is 0 Å². The zero-order chi connectivity index (χ0) is 11.7. The zero-order valence-corrected chi connectivity index (χ0v) is 11.4. The lowest BCUT2D eigenvalue weighted by Gasteiger charge is -2.25. The second kappa shape index (κ2) is 4.75. The predicted octanol–water partition coefficient (Wildman–Crippen LogP) is 4.31. The van der Waals surface area contributed by atoms with Crippen molar-refractivity contribution in [2.24, 2.45) is 0 Å². The van der Waals surface area contributed by atoms with Gasteiger partial charge in [0.25, 0.3) is 0 Å². The predicted molar refractivity (Wildman–Crippen MR) is 78.0 cm³/mol. The number of hydrogen-bond acceptors (Lipinski definition) is 3. The van der Waals surface area contributed by atoms with Gasteiger partial charge >= 0.3 is 0 Å². The van der Waals surface area contributed by atoms with Crippen LogP contribution in [0.4, 0.5) is 5.69 Å². The highest BCUT2D eigenvalue weighted by molar-refractivity contribution is 8.00. The fraction of sp³-hybridized carbons (Fsp3) is 0.286. The molecule has 2 heterocycles. The largest absolute Gasteiger partial charge is 0.354 e. The van der Waals surface area contributed by atoms with Gasteiger partial charge in [-0.15, -0.1) is 23.1 Å². The number of benzene rings is 1. The van der Waals surface area contributed by atoms with Crippen LogP contribution in [-0.2, 0) is 0 Å². The van der Waals surface area contributed by atoms with E-state index in [0.29, 0.717) is 5.37 Å². The maximum absolute atomic E-state index is 2.51. The summed E-state index contributed by atoms with van der Waals surface area (Å²) in [5, 5.41) is 2.68. The molecule has 1 saturated heterocycles. The number of anilines is 1. The topological polar surface area (TPSA) is 3.24 Å². The molecular weight excluding hydrogens is 246 g/mol. The number of thiophene rings is 1. The Balaban J connectivity index is 1.89. The molecule has 1 aliphatic heterocycles. The maximum Gasteiger partial charge on any atom is 0.110 e. The van der Waals surface area contributed by atoms with Crippen molar-refractivity contribution in [1.82, 2.24) is 0 Å². The summed E-state index contributed by atoms with van der Waals surface area (Å²) >= 11 is 3.90. The van der Waals surface area contributed by atoms with Gasteiger partial charge in [0, 0.05) is 22.9 Å². The van der Waals surface area contributed by atoms with E-state index in [1.807, 2.05) is 23.1 Å². The van der Waals surface area contributed by atoms with Crippen LogP contribution in [-0.4, -0.2) is 12.3 Å². The summed E-state index contributed by atoms with van der Waals surface area (Å²) in [6.07, 6.45) is 0. The van der Waals surface area contributed by atoms with E-state index in [2.05, 4.69) is 53.6 Å². The lowest BCUT2D eigenvalue weighted by molar-refractivity contribution is 0.870. The molecule has 17 heavy (non-hydrogen) atoms. The van der Waals surface area contributed by atoms with Crippen molar-refractivity contribution in [3.05, 3.63) is 52.2 Å². The molecule has 1 aliphatic rings. The van der Waals surface area contributed by atoms with Gasteiger partial charge in [0.2, 0.25) is 0 Å². The van der Waals surface area contributed by atoms with Crippen molar-refractivity contribution in [3.63, 3.8) is 0 Å². The van der Waals surface area contributed by atoms with E-state index in [-0.39, 0.29) is 0 Å². The van der Waals surface area contributed by atoms with Crippen LogP contribution in [0.3, 0.4) is 0 Å². The summed E-state index contributed by atoms with van der Waals surface area (Å²) in [6.45, 7) is 3.29. The Bertz CT molecular complexity index is 475. The van der Waals surface area contributed by atoms with Gasteiger partial charge in [-0.2, -0.15) is 0 Å². The van der Waals surface area contributed by atoms with Gasteiger partial charge in [-0.25, -0.2) is 0 Å². The third-order valence-electron chi connectivity index (χ3n) is 3.04. The van der Waals surface area contributed by atoms with Gasteiger partial charge in [0.1, 0.15) is 5.37 Å². The maximum atomic E-state index is 2.51. The minimum atomic E-state index is 0.512. The van der Waals surface area contributed by atoms with E-state index < -0.39 is 0 Å². The summed E-state index contributed by atoms with van der Waals surface area (Å²) in [7, 11) is 0. The van der Waals surface area contributed by atoms with E-state index in [1.54, 1.807) is 0 Å². The van der Waals surface area contributed by atoms with Crippen LogP contribution in [0.25, 0.3) is 0 Å². The molecule has 0 spiro atoms. The molecule has 0 bridgehead atoms. The second-order valence-corrected chi connectivity index (χ2v) is 6.43. The zero-order valence-electron chi connectivity index (χ0n) is 9.80. The van der Waals surface area contributed by atoms with Crippen LogP contribution in [0.15, 0.2) is 41.8 Å². The van der Waals surface area contributed by atoms with E-state index in [9.17, 15) is 0 Å². The highest BCUT2D eigenvalue weighted by atomic mass is 32.2. The standard InChI is InChI=1S/C14H15NS2/c1-11-4-6-12(7-5-11)15-8-10-17-14(15)13-3-2-9-16-13/h2-7,9,14H,8,10H2,1H3/t14-/m1/s1. The summed E-state index contributed by atoms with van der Waals surface area (Å²) in [4.78, 5) is 3.98. The Morgan fingerprint density at radius 2 is 2.00 bits per heavy atom. The van der Waals surface area contributed by atoms with Gasteiger partial charge < -0.3 is 4.90 Å². The van der Waals surface area contributed by atoms with Crippen molar-refractivity contribution >= 4 is 28.8 Å². The molecule has 88 valence electrons. The summed E-state index contributed by atoms with van der Waals surface area (Å²) < 4.78 is 0. The van der Waals surface area contributed by atoms with Gasteiger partial charge in [0.15, 0.2) is 0 Å². The molecule has 1 atom stereocenters. The van der Waals surface area contributed by atoms with Crippen LogP contribution in [0.1, 0.15) is 15.8 Å². The Labute approximate surface area is 110 Å². The smallest absolute Gasteiger partial charge is 0.110 e. The Morgan fingerprint density at radius 3 is 2.71 bits per heavy atom. The Morgan fingerprint density at radius 1 is 1.18 bits per heavy atom. The number of aryl methyl sites for hydroxylation is 1. The molecule has 1 nitrogen and oxygen atoms in total. The quantitative estimate of drug-likeness (QED) is 0.792. The Hall–Kier alpha value is -0.930. The number of rotatable bonds is 2. The molecule has 0 N–H and O–H groups in total. The first-order valence-electron chi connectivity index (χ1n) is 5.83. The van der Waals surface area contributed by atoms with Crippen molar-refractivity contribution in [3.8, 4) is 0 Å². The summed E-state index contributed by atoms with van der Waals surface area (Å²) in [6, 6.07) is 13.3. The first-order valence-corrected chi connectivity index (χ1v) is 7.76. The SMILES string of the molecule is Cc1ccc(N2CCS[C@@H]2c2cccs2)cc1. The molecule has 0 aliphatic carbocycles. The Kier molecular flexibility index (Phi) is 3.12. The van der Waals surface area contributed by atoms with E-state index in [1.165, 1.54) is 21.9 Å². The summed E-state index contributed by atoms with van der Waals surface area (Å²) in [5.74, 6) is 1.22. The molecule has 0 saturated carbocycles. The normalized spacial score (nSPS) is 19.8. The third-order valence-corrected chi connectivity index (χ3v) is 5.36. The van der Waals surface area contributed by atoms with E-state index in [4.69, 9.17) is 0 Å². The van der Waals surface area contributed by atoms with Crippen LogP contribution in [0, 0.1) is 6.92 Å².